The second kappa shape index (κ2) is 7.89. The van der Waals surface area contributed by atoms with Crippen molar-refractivity contribution in [3.63, 3.8) is 0 Å². The molecule has 6 nitrogen and oxygen atoms in total. The average molecular weight is 413 g/mol. The summed E-state index contributed by atoms with van der Waals surface area (Å²) in [4.78, 5) is 4.54. The number of aryl methyl sites for hydroxylation is 1. The topological polar surface area (TPSA) is 80.4 Å². The van der Waals surface area contributed by atoms with Crippen LogP contribution >= 0.6 is 0 Å². The molecule has 1 aromatic heterocycles. The molecule has 0 aliphatic carbocycles. The van der Waals surface area contributed by atoms with Crippen molar-refractivity contribution in [3.8, 4) is 17.4 Å². The number of para-hydroxylation sites is 1. The Morgan fingerprint density at radius 3 is 2.71 bits per heavy atom. The van der Waals surface area contributed by atoms with Gasteiger partial charge >= 0.3 is 0 Å². The number of fused-ring (bicyclic) bond motifs is 4. The van der Waals surface area contributed by atoms with Crippen molar-refractivity contribution < 1.29 is 14.6 Å². The fourth-order valence-electron chi connectivity index (χ4n) is 4.38. The number of ether oxygens (including phenoxy) is 2. The van der Waals surface area contributed by atoms with E-state index in [1.165, 1.54) is 0 Å². The predicted molar refractivity (Wildman–Crippen MR) is 118 cm³/mol. The van der Waals surface area contributed by atoms with E-state index in [4.69, 9.17) is 14.9 Å². The minimum atomic E-state index is -0.275. The third kappa shape index (κ3) is 3.16. The number of aliphatic hydroxyl groups is 1. The second-order valence-electron chi connectivity index (χ2n) is 7.56. The lowest BCUT2D eigenvalue weighted by atomic mass is 9.81. The number of nitrogens with zero attached hydrogens (tertiary/aromatic N) is 2. The molecule has 0 saturated carbocycles. The van der Waals surface area contributed by atoms with Gasteiger partial charge in [-0.05, 0) is 29.3 Å². The van der Waals surface area contributed by atoms with E-state index in [0.717, 1.165) is 33.4 Å². The van der Waals surface area contributed by atoms with Crippen molar-refractivity contribution in [1.29, 1.82) is 5.41 Å². The van der Waals surface area contributed by atoms with Gasteiger partial charge in [-0.25, -0.2) is 4.98 Å². The summed E-state index contributed by atoms with van der Waals surface area (Å²) in [6.45, 7) is 0.570. The molecule has 0 unspecified atom stereocenters. The molecule has 5 rings (SSSR count). The van der Waals surface area contributed by atoms with Gasteiger partial charge in [0.05, 0.1) is 18.6 Å². The first kappa shape index (κ1) is 19.3. The van der Waals surface area contributed by atoms with Gasteiger partial charge in [0.25, 0.3) is 0 Å². The molecule has 156 valence electrons. The molecular formula is C25H23N3O3. The van der Waals surface area contributed by atoms with Gasteiger partial charge in [0, 0.05) is 24.3 Å². The van der Waals surface area contributed by atoms with Crippen LogP contribution in [-0.2, 0) is 6.54 Å². The van der Waals surface area contributed by atoms with Crippen LogP contribution in [0.4, 0.5) is 0 Å². The Labute approximate surface area is 179 Å². The normalized spacial score (nSPS) is 14.6. The Morgan fingerprint density at radius 2 is 1.87 bits per heavy atom. The summed E-state index contributed by atoms with van der Waals surface area (Å²) in [7, 11) is 1.66. The van der Waals surface area contributed by atoms with E-state index in [-0.39, 0.29) is 12.5 Å². The summed E-state index contributed by atoms with van der Waals surface area (Å²) in [5.41, 5.74) is 2.99. The molecule has 0 spiro atoms. The summed E-state index contributed by atoms with van der Waals surface area (Å²) in [5.74, 6) is 1.65. The highest BCUT2D eigenvalue weighted by atomic mass is 16.5. The van der Waals surface area contributed by atoms with E-state index in [0.29, 0.717) is 29.9 Å². The van der Waals surface area contributed by atoms with Crippen molar-refractivity contribution in [2.75, 3.05) is 13.7 Å². The highest BCUT2D eigenvalue weighted by Crippen LogP contribution is 2.49. The molecule has 1 aliphatic heterocycles. The Morgan fingerprint density at radius 1 is 1.06 bits per heavy atom. The highest BCUT2D eigenvalue weighted by Gasteiger charge is 2.34. The van der Waals surface area contributed by atoms with Crippen LogP contribution in [0.5, 0.6) is 17.4 Å². The van der Waals surface area contributed by atoms with Gasteiger partial charge in [0.1, 0.15) is 23.3 Å². The van der Waals surface area contributed by atoms with E-state index >= 15 is 0 Å². The Balaban J connectivity index is 1.84. The molecule has 2 heterocycles. The van der Waals surface area contributed by atoms with Gasteiger partial charge in [0.2, 0.25) is 5.88 Å². The molecule has 2 N–H and O–H groups in total. The third-order valence-electron chi connectivity index (χ3n) is 5.81. The lowest BCUT2D eigenvalue weighted by molar-refractivity contribution is 0.278. The maximum Gasteiger partial charge on any atom is 0.228 e. The van der Waals surface area contributed by atoms with Gasteiger partial charge in [-0.3, -0.25) is 5.41 Å². The van der Waals surface area contributed by atoms with Gasteiger partial charge in [-0.1, -0.05) is 48.5 Å². The van der Waals surface area contributed by atoms with E-state index in [1.807, 2.05) is 48.5 Å². The minimum Gasteiger partial charge on any atom is -0.496 e. The SMILES string of the molecule is COc1ccccc1[C@@H]1c2c(ncn(CCCO)c2=N)Oc2ccc3ccccc3c21. The van der Waals surface area contributed by atoms with Crippen LogP contribution in [0.2, 0.25) is 0 Å². The van der Waals surface area contributed by atoms with Crippen molar-refractivity contribution in [2.24, 2.45) is 0 Å². The van der Waals surface area contributed by atoms with Gasteiger partial charge in [-0.15, -0.1) is 0 Å². The molecule has 6 heteroatoms. The Bertz CT molecular complexity index is 1330. The molecular weight excluding hydrogens is 390 g/mol. The van der Waals surface area contributed by atoms with Crippen LogP contribution in [-0.4, -0.2) is 28.4 Å². The van der Waals surface area contributed by atoms with Crippen LogP contribution in [0.1, 0.15) is 29.0 Å². The van der Waals surface area contributed by atoms with Crippen LogP contribution in [0.3, 0.4) is 0 Å². The Hall–Kier alpha value is -3.64. The third-order valence-corrected chi connectivity index (χ3v) is 5.81. The summed E-state index contributed by atoms with van der Waals surface area (Å²) < 4.78 is 13.7. The maximum absolute atomic E-state index is 9.27. The lowest BCUT2D eigenvalue weighted by Gasteiger charge is -2.30. The first-order valence-electron chi connectivity index (χ1n) is 10.3. The largest absolute Gasteiger partial charge is 0.496 e. The quantitative estimate of drug-likeness (QED) is 0.453. The van der Waals surface area contributed by atoms with E-state index in [2.05, 4.69) is 17.1 Å². The van der Waals surface area contributed by atoms with Crippen LogP contribution < -0.4 is 15.0 Å². The van der Waals surface area contributed by atoms with Crippen LogP contribution in [0, 0.1) is 5.41 Å². The molecule has 4 aromatic rings. The standard InChI is InChI=1S/C25H23N3O3/c1-30-19-10-5-4-9-18(19)22-21-17-8-3-2-7-16(17)11-12-20(21)31-25-23(22)24(26)28(15-27-25)13-6-14-29/h2-5,7-12,15,22,26,29H,6,13-14H2,1H3/t22-/m0/s1. The second-order valence-corrected chi connectivity index (χ2v) is 7.56. The minimum absolute atomic E-state index is 0.0590. The first-order chi connectivity index (χ1) is 15.2. The fraction of sp³-hybridized carbons (Fsp3) is 0.200. The molecule has 0 radical (unpaired) electrons. The van der Waals surface area contributed by atoms with Gasteiger partial charge in [-0.2, -0.15) is 0 Å². The number of hydrogen-bond acceptors (Lipinski definition) is 5. The number of nitrogens with one attached hydrogen (secondary N) is 1. The monoisotopic (exact) mass is 413 g/mol. The number of aliphatic hydroxyl groups excluding tert-OH is 1. The van der Waals surface area contributed by atoms with Crippen LogP contribution in [0.15, 0.2) is 67.0 Å². The molecule has 1 aliphatic rings. The molecule has 0 amide bonds. The molecule has 0 saturated heterocycles. The Kier molecular flexibility index (Phi) is 4.92. The maximum atomic E-state index is 9.27. The lowest BCUT2D eigenvalue weighted by Crippen LogP contribution is -2.30. The molecule has 0 bridgehead atoms. The fourth-order valence-corrected chi connectivity index (χ4v) is 4.38. The highest BCUT2D eigenvalue weighted by molar-refractivity contribution is 5.90. The van der Waals surface area contributed by atoms with E-state index in [9.17, 15) is 5.11 Å². The van der Waals surface area contributed by atoms with E-state index < -0.39 is 0 Å². The number of methoxy groups -OCH3 is 1. The van der Waals surface area contributed by atoms with Gasteiger partial charge in [0.15, 0.2) is 0 Å². The molecule has 1 atom stereocenters. The zero-order chi connectivity index (χ0) is 21.4. The number of aromatic nitrogens is 2. The van der Waals surface area contributed by atoms with Crippen molar-refractivity contribution in [3.05, 3.63) is 89.2 Å². The predicted octanol–water partition coefficient (Wildman–Crippen LogP) is 4.19. The van der Waals surface area contributed by atoms with Crippen molar-refractivity contribution >= 4 is 10.8 Å². The zero-order valence-corrected chi connectivity index (χ0v) is 17.2. The molecule has 3 aromatic carbocycles. The first-order valence-corrected chi connectivity index (χ1v) is 10.3. The van der Waals surface area contributed by atoms with E-state index in [1.54, 1.807) is 18.0 Å². The van der Waals surface area contributed by atoms with Gasteiger partial charge < -0.3 is 19.1 Å². The van der Waals surface area contributed by atoms with Crippen molar-refractivity contribution in [1.82, 2.24) is 9.55 Å². The number of benzene rings is 3. The average Bonchev–Trinajstić information content (AvgIpc) is 2.82. The summed E-state index contributed by atoms with van der Waals surface area (Å²) in [6.07, 6.45) is 2.17. The smallest absolute Gasteiger partial charge is 0.228 e. The summed E-state index contributed by atoms with van der Waals surface area (Å²) in [5, 5.41) is 20.4. The molecule has 0 fully saturated rings. The van der Waals surface area contributed by atoms with Crippen LogP contribution in [0.25, 0.3) is 10.8 Å². The number of hydrogen-bond donors (Lipinski definition) is 2. The summed E-state index contributed by atoms with van der Waals surface area (Å²) >= 11 is 0. The number of rotatable bonds is 5. The zero-order valence-electron chi connectivity index (χ0n) is 17.2. The molecule has 31 heavy (non-hydrogen) atoms. The summed E-state index contributed by atoms with van der Waals surface area (Å²) in [6, 6.07) is 20.1. The van der Waals surface area contributed by atoms with Crippen molar-refractivity contribution in [2.45, 2.75) is 18.9 Å².